The first-order valence-corrected chi connectivity index (χ1v) is 3.79. The SMILES string of the molecule is CC(CC=O)Cc1ccco1. The molecule has 0 bridgehead atoms. The zero-order valence-corrected chi connectivity index (χ0v) is 6.62. The molecule has 1 aromatic rings. The van der Waals surface area contributed by atoms with Gasteiger partial charge in [-0.25, -0.2) is 0 Å². The molecule has 0 fully saturated rings. The third-order valence-electron chi connectivity index (χ3n) is 1.63. The summed E-state index contributed by atoms with van der Waals surface area (Å²) in [5.41, 5.74) is 0. The maximum atomic E-state index is 10.1. The molecule has 1 aromatic heterocycles. The van der Waals surface area contributed by atoms with Crippen molar-refractivity contribution in [2.24, 2.45) is 5.92 Å². The number of aldehydes is 1. The van der Waals surface area contributed by atoms with Crippen LogP contribution in [0.25, 0.3) is 0 Å². The maximum Gasteiger partial charge on any atom is 0.120 e. The van der Waals surface area contributed by atoms with Crippen molar-refractivity contribution < 1.29 is 9.21 Å². The van der Waals surface area contributed by atoms with Gasteiger partial charge >= 0.3 is 0 Å². The van der Waals surface area contributed by atoms with E-state index >= 15 is 0 Å². The Hall–Kier alpha value is -1.05. The minimum Gasteiger partial charge on any atom is -0.469 e. The van der Waals surface area contributed by atoms with Crippen molar-refractivity contribution in [2.75, 3.05) is 0 Å². The third kappa shape index (κ3) is 2.58. The van der Waals surface area contributed by atoms with Crippen molar-refractivity contribution >= 4 is 6.29 Å². The zero-order chi connectivity index (χ0) is 8.10. The van der Waals surface area contributed by atoms with Gasteiger partial charge < -0.3 is 9.21 Å². The zero-order valence-electron chi connectivity index (χ0n) is 6.62. The fourth-order valence-corrected chi connectivity index (χ4v) is 1.02. The molecule has 0 aliphatic rings. The smallest absolute Gasteiger partial charge is 0.120 e. The molecule has 60 valence electrons. The molecule has 1 unspecified atom stereocenters. The molecule has 0 N–H and O–H groups in total. The topological polar surface area (TPSA) is 30.2 Å². The highest BCUT2D eigenvalue weighted by atomic mass is 16.3. The Morgan fingerprint density at radius 1 is 1.73 bits per heavy atom. The number of hydrogen-bond acceptors (Lipinski definition) is 2. The number of furan rings is 1. The van der Waals surface area contributed by atoms with Crippen LogP contribution in [0.15, 0.2) is 22.8 Å². The Balaban J connectivity index is 2.37. The Morgan fingerprint density at radius 3 is 3.09 bits per heavy atom. The molecule has 2 heteroatoms. The van der Waals surface area contributed by atoms with Gasteiger partial charge in [0.25, 0.3) is 0 Å². The molecule has 0 saturated carbocycles. The fourth-order valence-electron chi connectivity index (χ4n) is 1.02. The molecule has 0 amide bonds. The molecule has 1 rings (SSSR count). The lowest BCUT2D eigenvalue weighted by Gasteiger charge is -2.02. The molecule has 11 heavy (non-hydrogen) atoms. The van der Waals surface area contributed by atoms with Crippen molar-refractivity contribution in [1.82, 2.24) is 0 Å². The Kier molecular flexibility index (Phi) is 2.90. The van der Waals surface area contributed by atoms with Crippen LogP contribution in [0.4, 0.5) is 0 Å². The summed E-state index contributed by atoms with van der Waals surface area (Å²) < 4.78 is 5.13. The minimum absolute atomic E-state index is 0.388. The monoisotopic (exact) mass is 152 g/mol. The molecule has 0 aliphatic carbocycles. The van der Waals surface area contributed by atoms with Crippen LogP contribution in [-0.2, 0) is 11.2 Å². The average molecular weight is 152 g/mol. The predicted octanol–water partition coefficient (Wildman–Crippen LogP) is 2.05. The molecular weight excluding hydrogens is 140 g/mol. The van der Waals surface area contributed by atoms with Gasteiger partial charge in [-0.15, -0.1) is 0 Å². The highest BCUT2D eigenvalue weighted by molar-refractivity contribution is 5.49. The van der Waals surface area contributed by atoms with Gasteiger partial charge in [-0.2, -0.15) is 0 Å². The van der Waals surface area contributed by atoms with Crippen LogP contribution in [0, 0.1) is 5.92 Å². The quantitative estimate of drug-likeness (QED) is 0.618. The first-order chi connectivity index (χ1) is 5.33. The normalized spacial score (nSPS) is 12.8. The first-order valence-electron chi connectivity index (χ1n) is 3.79. The standard InChI is InChI=1S/C9H12O2/c1-8(4-5-10)7-9-3-2-6-11-9/h2-3,5-6,8H,4,7H2,1H3. The Morgan fingerprint density at radius 2 is 2.55 bits per heavy atom. The largest absolute Gasteiger partial charge is 0.469 e. The highest BCUT2D eigenvalue weighted by Crippen LogP contribution is 2.10. The summed E-state index contributed by atoms with van der Waals surface area (Å²) in [6, 6.07) is 3.80. The van der Waals surface area contributed by atoms with Crippen molar-refractivity contribution in [3.8, 4) is 0 Å². The second-order valence-corrected chi connectivity index (χ2v) is 2.79. The lowest BCUT2D eigenvalue weighted by molar-refractivity contribution is -0.108. The van der Waals surface area contributed by atoms with E-state index in [1.54, 1.807) is 6.26 Å². The van der Waals surface area contributed by atoms with Crippen LogP contribution in [0.2, 0.25) is 0 Å². The third-order valence-corrected chi connectivity index (χ3v) is 1.63. The highest BCUT2D eigenvalue weighted by Gasteiger charge is 2.03. The van der Waals surface area contributed by atoms with E-state index in [2.05, 4.69) is 0 Å². The molecule has 2 nitrogen and oxygen atoms in total. The van der Waals surface area contributed by atoms with Gasteiger partial charge in [0, 0.05) is 12.8 Å². The van der Waals surface area contributed by atoms with E-state index in [1.807, 2.05) is 19.1 Å². The maximum absolute atomic E-state index is 10.1. The molecule has 1 atom stereocenters. The predicted molar refractivity (Wildman–Crippen MR) is 42.3 cm³/mol. The van der Waals surface area contributed by atoms with Crippen molar-refractivity contribution in [1.29, 1.82) is 0 Å². The molecule has 0 radical (unpaired) electrons. The fraction of sp³-hybridized carbons (Fsp3) is 0.444. The van der Waals surface area contributed by atoms with Crippen LogP contribution in [0.3, 0.4) is 0 Å². The lowest BCUT2D eigenvalue weighted by Crippen LogP contribution is -1.98. The average Bonchev–Trinajstić information content (AvgIpc) is 2.40. The number of carbonyl (C=O) groups is 1. The molecular formula is C9H12O2. The van der Waals surface area contributed by atoms with E-state index in [1.165, 1.54) is 0 Å². The van der Waals surface area contributed by atoms with Gasteiger partial charge in [0.05, 0.1) is 6.26 Å². The van der Waals surface area contributed by atoms with Gasteiger partial charge in [-0.3, -0.25) is 0 Å². The number of carbonyl (C=O) groups excluding carboxylic acids is 1. The van der Waals surface area contributed by atoms with Gasteiger partial charge in [0.1, 0.15) is 12.0 Å². The molecule has 0 aromatic carbocycles. The summed E-state index contributed by atoms with van der Waals surface area (Å²) in [4.78, 5) is 10.1. The second-order valence-electron chi connectivity index (χ2n) is 2.79. The summed E-state index contributed by atoms with van der Waals surface area (Å²) in [6.45, 7) is 2.04. The van der Waals surface area contributed by atoms with Gasteiger partial charge in [0.15, 0.2) is 0 Å². The van der Waals surface area contributed by atoms with Crippen LogP contribution in [0.1, 0.15) is 19.1 Å². The van der Waals surface area contributed by atoms with Crippen molar-refractivity contribution in [3.63, 3.8) is 0 Å². The van der Waals surface area contributed by atoms with E-state index in [9.17, 15) is 4.79 Å². The molecule has 0 aliphatic heterocycles. The van der Waals surface area contributed by atoms with Gasteiger partial charge in [0.2, 0.25) is 0 Å². The number of hydrogen-bond donors (Lipinski definition) is 0. The van der Waals surface area contributed by atoms with Crippen LogP contribution >= 0.6 is 0 Å². The summed E-state index contributed by atoms with van der Waals surface area (Å²) in [7, 11) is 0. The Bertz CT molecular complexity index is 201. The van der Waals surface area contributed by atoms with Gasteiger partial charge in [-0.05, 0) is 18.1 Å². The Labute approximate surface area is 66.2 Å². The summed E-state index contributed by atoms with van der Waals surface area (Å²) in [6.07, 6.45) is 4.07. The first kappa shape index (κ1) is 8.05. The summed E-state index contributed by atoms with van der Waals surface area (Å²) in [5, 5.41) is 0. The van der Waals surface area contributed by atoms with Crippen LogP contribution in [0.5, 0.6) is 0 Å². The number of rotatable bonds is 4. The van der Waals surface area contributed by atoms with E-state index in [4.69, 9.17) is 4.42 Å². The molecule has 0 saturated heterocycles. The van der Waals surface area contributed by atoms with E-state index < -0.39 is 0 Å². The minimum atomic E-state index is 0.388. The van der Waals surface area contributed by atoms with E-state index in [0.717, 1.165) is 18.5 Å². The van der Waals surface area contributed by atoms with Crippen LogP contribution in [-0.4, -0.2) is 6.29 Å². The van der Waals surface area contributed by atoms with E-state index in [-0.39, 0.29) is 0 Å². The van der Waals surface area contributed by atoms with E-state index in [0.29, 0.717) is 12.3 Å². The van der Waals surface area contributed by atoms with Crippen molar-refractivity contribution in [2.45, 2.75) is 19.8 Å². The van der Waals surface area contributed by atoms with Crippen LogP contribution < -0.4 is 0 Å². The summed E-state index contributed by atoms with van der Waals surface area (Å²) >= 11 is 0. The summed E-state index contributed by atoms with van der Waals surface area (Å²) in [5.74, 6) is 1.35. The second kappa shape index (κ2) is 3.96. The van der Waals surface area contributed by atoms with Crippen molar-refractivity contribution in [3.05, 3.63) is 24.2 Å². The van der Waals surface area contributed by atoms with Gasteiger partial charge in [-0.1, -0.05) is 6.92 Å². The lowest BCUT2D eigenvalue weighted by atomic mass is 10.0. The molecule has 1 heterocycles. The molecule has 0 spiro atoms.